The normalized spacial score (nSPS) is 14.4. The Balaban J connectivity index is 0.00000245. The molecule has 32 heavy (non-hydrogen) atoms. The molecule has 0 aromatic heterocycles. The number of aryl methyl sites for hydroxylation is 2. The number of hydrogen-bond acceptors (Lipinski definition) is 2. The number of rotatable bonds is 3. The number of anilines is 1. The Morgan fingerprint density at radius 3 is 2.16 bits per heavy atom. The first-order valence-corrected chi connectivity index (χ1v) is 12.0. The first-order valence-electron chi connectivity index (χ1n) is 11.2. The maximum absolute atomic E-state index is 3.64. The summed E-state index contributed by atoms with van der Waals surface area (Å²) in [4.78, 5) is 3.72. The van der Waals surface area contributed by atoms with Crippen molar-refractivity contribution in [2.24, 2.45) is 0 Å². The van der Waals surface area contributed by atoms with E-state index in [1.807, 2.05) is 11.8 Å². The zero-order chi connectivity index (χ0) is 21.9. The van der Waals surface area contributed by atoms with Crippen molar-refractivity contribution in [2.75, 3.05) is 4.90 Å². The first kappa shape index (κ1) is 23.4. The molecule has 0 aliphatic carbocycles. The van der Waals surface area contributed by atoms with E-state index in [9.17, 15) is 0 Å². The molecular weight excluding hydrogens is 587 g/mol. The van der Waals surface area contributed by atoms with Crippen molar-refractivity contribution in [1.29, 1.82) is 0 Å². The van der Waals surface area contributed by atoms with Crippen molar-refractivity contribution in [3.05, 3.63) is 93.9 Å². The van der Waals surface area contributed by atoms with Crippen molar-refractivity contribution in [1.82, 2.24) is 0 Å². The standard InChI is InChI=1S/C29H29NS.Ir/c1-17(2)21-10-12-23-24-14-22(18(3)4)11-13-26(24)30-16-31-29(28(30)25(23)15-21)27-19(5)8-7-9-20(27)6;/h7-12,14-18H,1-6H3;/q-2;. The van der Waals surface area contributed by atoms with Crippen LogP contribution in [-0.4, -0.2) is 0 Å². The second-order valence-corrected chi connectivity index (χ2v) is 10.2. The summed E-state index contributed by atoms with van der Waals surface area (Å²) in [6.45, 7) is 13.5. The van der Waals surface area contributed by atoms with Crippen LogP contribution < -0.4 is 4.90 Å². The third-order valence-corrected chi connectivity index (χ3v) is 7.49. The molecule has 0 amide bonds. The van der Waals surface area contributed by atoms with E-state index in [0.29, 0.717) is 11.8 Å². The van der Waals surface area contributed by atoms with E-state index in [4.69, 9.17) is 0 Å². The molecule has 3 heteroatoms. The van der Waals surface area contributed by atoms with Gasteiger partial charge < -0.3 is 4.90 Å². The number of nitrogens with zero attached hydrogens (tertiary/aromatic N) is 1. The molecule has 3 aromatic rings. The summed E-state index contributed by atoms with van der Waals surface area (Å²) in [6.07, 6.45) is 0. The van der Waals surface area contributed by atoms with Crippen LogP contribution in [0, 0.1) is 25.8 Å². The van der Waals surface area contributed by atoms with Crippen LogP contribution in [0.15, 0.2) is 48.5 Å². The molecule has 0 fully saturated rings. The molecular formula is C29H29IrNS-2. The summed E-state index contributed by atoms with van der Waals surface area (Å²) in [7, 11) is 0. The van der Waals surface area contributed by atoms with Crippen LogP contribution in [0.25, 0.3) is 21.7 Å². The number of thioether (sulfide) groups is 1. The molecule has 2 aliphatic rings. The van der Waals surface area contributed by atoms with Gasteiger partial charge in [-0.2, -0.15) is 29.6 Å². The minimum absolute atomic E-state index is 0. The second-order valence-electron chi connectivity index (χ2n) is 9.35. The predicted octanol–water partition coefficient (Wildman–Crippen LogP) is 8.53. The first-order chi connectivity index (χ1) is 14.9. The average molecular weight is 616 g/mol. The van der Waals surface area contributed by atoms with Crippen molar-refractivity contribution < 1.29 is 20.1 Å². The van der Waals surface area contributed by atoms with Crippen molar-refractivity contribution in [3.8, 4) is 11.1 Å². The van der Waals surface area contributed by atoms with Crippen LogP contribution in [-0.2, 0) is 20.1 Å². The van der Waals surface area contributed by atoms with Gasteiger partial charge in [0, 0.05) is 30.7 Å². The van der Waals surface area contributed by atoms with Crippen LogP contribution >= 0.6 is 11.8 Å². The number of hydrogen-bond donors (Lipinski definition) is 0. The summed E-state index contributed by atoms with van der Waals surface area (Å²) < 4.78 is 0. The van der Waals surface area contributed by atoms with Gasteiger partial charge in [0.15, 0.2) is 0 Å². The smallest absolute Gasteiger partial charge is 0.0293 e. The molecule has 0 bridgehead atoms. The van der Waals surface area contributed by atoms with E-state index < -0.39 is 0 Å². The fourth-order valence-electron chi connectivity index (χ4n) is 4.69. The third-order valence-electron chi connectivity index (χ3n) is 6.54. The van der Waals surface area contributed by atoms with Gasteiger partial charge >= 0.3 is 0 Å². The van der Waals surface area contributed by atoms with E-state index >= 15 is 0 Å². The van der Waals surface area contributed by atoms with Gasteiger partial charge in [-0.1, -0.05) is 75.2 Å². The summed E-state index contributed by atoms with van der Waals surface area (Å²) >= 11 is 1.84. The molecule has 2 heterocycles. The number of fused-ring (bicyclic) bond motifs is 6. The molecule has 3 aromatic carbocycles. The Hall–Kier alpha value is -1.80. The monoisotopic (exact) mass is 616 g/mol. The average Bonchev–Trinajstić information content (AvgIpc) is 3.18. The topological polar surface area (TPSA) is 3.24 Å². The quantitative estimate of drug-likeness (QED) is 0.272. The van der Waals surface area contributed by atoms with E-state index in [1.54, 1.807) is 0 Å². The third kappa shape index (κ3) is 3.69. The Kier molecular flexibility index (Phi) is 6.47. The Bertz CT molecular complexity index is 1200. The zero-order valence-electron chi connectivity index (χ0n) is 19.5. The van der Waals surface area contributed by atoms with Crippen LogP contribution in [0.4, 0.5) is 5.69 Å². The summed E-state index contributed by atoms with van der Waals surface area (Å²) in [5.74, 6) is 3.25. The maximum atomic E-state index is 3.64. The van der Waals surface area contributed by atoms with Crippen molar-refractivity contribution >= 4 is 28.1 Å². The molecule has 0 saturated carbocycles. The summed E-state index contributed by atoms with van der Waals surface area (Å²) in [6, 6.07) is 21.8. The fraction of sp³-hybridized carbons (Fsp3) is 0.276. The van der Waals surface area contributed by atoms with E-state index in [2.05, 4.69) is 107 Å². The van der Waals surface area contributed by atoms with Crippen LogP contribution in [0.3, 0.4) is 0 Å². The Morgan fingerprint density at radius 1 is 0.844 bits per heavy atom. The van der Waals surface area contributed by atoms with Gasteiger partial charge in [0.1, 0.15) is 0 Å². The number of benzene rings is 3. The molecule has 2 aliphatic heterocycles. The zero-order valence-corrected chi connectivity index (χ0v) is 22.8. The van der Waals surface area contributed by atoms with Crippen LogP contribution in [0.1, 0.15) is 72.9 Å². The summed E-state index contributed by atoms with van der Waals surface area (Å²) in [5.41, 5.74) is 13.2. The molecule has 0 atom stereocenters. The molecule has 1 nitrogen and oxygen atoms in total. The Morgan fingerprint density at radius 2 is 1.50 bits per heavy atom. The molecule has 167 valence electrons. The Labute approximate surface area is 210 Å². The van der Waals surface area contributed by atoms with Crippen molar-refractivity contribution in [2.45, 2.75) is 53.4 Å². The minimum Gasteiger partial charge on any atom is -0.503 e. The van der Waals surface area contributed by atoms with E-state index in [-0.39, 0.29) is 20.1 Å². The molecule has 5 rings (SSSR count). The van der Waals surface area contributed by atoms with Crippen molar-refractivity contribution in [3.63, 3.8) is 0 Å². The molecule has 1 radical (unpaired) electrons. The molecule has 0 unspecified atom stereocenters. The molecule has 0 spiro atoms. The maximum Gasteiger partial charge on any atom is 0.0293 e. The van der Waals surface area contributed by atoms with Crippen LogP contribution in [0.2, 0.25) is 0 Å². The fourth-order valence-corrected chi connectivity index (χ4v) is 5.87. The SMILES string of the molecule is Cc1cccc(C)c1C1=C2c3cc(C(C)C)ccc3-c3cc(C(C)C)c[c-]c3N2[CH-]S1.[Ir]. The van der Waals surface area contributed by atoms with Crippen LogP contribution in [0.5, 0.6) is 0 Å². The van der Waals surface area contributed by atoms with Gasteiger partial charge in [-0.25, -0.2) is 0 Å². The minimum atomic E-state index is 0. The van der Waals surface area contributed by atoms with Gasteiger partial charge in [-0.05, 0) is 53.6 Å². The van der Waals surface area contributed by atoms with E-state index in [0.717, 1.165) is 5.69 Å². The van der Waals surface area contributed by atoms with Gasteiger partial charge in [-0.15, -0.1) is 5.56 Å². The second kappa shape index (κ2) is 8.86. The molecule has 0 saturated heterocycles. The largest absolute Gasteiger partial charge is 0.503 e. The van der Waals surface area contributed by atoms with Gasteiger partial charge in [0.2, 0.25) is 0 Å². The van der Waals surface area contributed by atoms with E-state index in [1.165, 1.54) is 55.1 Å². The van der Waals surface area contributed by atoms with Gasteiger partial charge in [-0.3, -0.25) is 11.8 Å². The summed E-state index contributed by atoms with van der Waals surface area (Å²) in [5, 5.41) is 0. The van der Waals surface area contributed by atoms with Gasteiger partial charge in [0.25, 0.3) is 0 Å². The predicted molar refractivity (Wildman–Crippen MR) is 136 cm³/mol. The molecule has 0 N–H and O–H groups in total. The van der Waals surface area contributed by atoms with Gasteiger partial charge in [0.05, 0.1) is 0 Å².